The summed E-state index contributed by atoms with van der Waals surface area (Å²) in [6.07, 6.45) is -4.54. The first-order valence-corrected chi connectivity index (χ1v) is 5.88. The fourth-order valence-corrected chi connectivity index (χ4v) is 2.41. The summed E-state index contributed by atoms with van der Waals surface area (Å²) in [4.78, 5) is 14.6. The molecule has 2 rings (SSSR count). The molecule has 1 fully saturated rings. The van der Waals surface area contributed by atoms with Crippen LogP contribution >= 0.6 is 11.8 Å². The number of carbonyl (C=O) groups is 1. The molecular formula is C10H9F3N2O2S. The third-order valence-corrected chi connectivity index (χ3v) is 3.44. The van der Waals surface area contributed by atoms with Crippen LogP contribution < -0.4 is 5.73 Å². The van der Waals surface area contributed by atoms with Gasteiger partial charge in [-0.25, -0.2) is 4.98 Å². The van der Waals surface area contributed by atoms with Gasteiger partial charge in [0.2, 0.25) is 0 Å². The fraction of sp³-hybridized carbons (Fsp3) is 0.400. The first kappa shape index (κ1) is 13.2. The Morgan fingerprint density at radius 1 is 1.44 bits per heavy atom. The maximum absolute atomic E-state index is 12.5. The molecule has 0 bridgehead atoms. The highest BCUT2D eigenvalue weighted by Crippen LogP contribution is 2.33. The third-order valence-electron chi connectivity index (χ3n) is 2.30. The largest absolute Gasteiger partial charge is 0.433 e. The second-order valence-electron chi connectivity index (χ2n) is 3.69. The summed E-state index contributed by atoms with van der Waals surface area (Å²) in [6.45, 7) is 0.863. The van der Waals surface area contributed by atoms with Gasteiger partial charge in [-0.15, -0.1) is 0 Å². The normalized spacial score (nSPS) is 16.4. The van der Waals surface area contributed by atoms with Gasteiger partial charge in [-0.05, 0) is 12.1 Å². The number of ether oxygens (including phenoxy) is 1. The number of amides is 1. The van der Waals surface area contributed by atoms with E-state index in [-0.39, 0.29) is 15.8 Å². The number of alkyl halides is 3. The lowest BCUT2D eigenvalue weighted by Crippen LogP contribution is -2.30. The average Bonchev–Trinajstić information content (AvgIpc) is 2.21. The van der Waals surface area contributed by atoms with Gasteiger partial charge in [-0.1, -0.05) is 11.8 Å². The van der Waals surface area contributed by atoms with Crippen molar-refractivity contribution in [1.29, 1.82) is 0 Å². The summed E-state index contributed by atoms with van der Waals surface area (Å²) >= 11 is 1.08. The van der Waals surface area contributed by atoms with Crippen molar-refractivity contribution >= 4 is 17.7 Å². The average molecular weight is 278 g/mol. The highest BCUT2D eigenvalue weighted by atomic mass is 32.2. The molecular weight excluding hydrogens is 269 g/mol. The highest BCUT2D eigenvalue weighted by Gasteiger charge is 2.34. The van der Waals surface area contributed by atoms with Crippen molar-refractivity contribution in [2.45, 2.75) is 16.5 Å². The van der Waals surface area contributed by atoms with Crippen LogP contribution in [0.15, 0.2) is 17.2 Å². The van der Waals surface area contributed by atoms with Crippen LogP contribution in [0.5, 0.6) is 0 Å². The van der Waals surface area contributed by atoms with Crippen LogP contribution in [0.3, 0.4) is 0 Å². The van der Waals surface area contributed by atoms with Crippen LogP contribution in [0.1, 0.15) is 16.1 Å². The molecule has 98 valence electrons. The minimum atomic E-state index is -4.54. The van der Waals surface area contributed by atoms with E-state index in [1.807, 2.05) is 0 Å². The quantitative estimate of drug-likeness (QED) is 0.913. The van der Waals surface area contributed by atoms with Gasteiger partial charge in [0, 0.05) is 0 Å². The molecule has 0 atom stereocenters. The number of halogens is 3. The van der Waals surface area contributed by atoms with E-state index < -0.39 is 17.8 Å². The molecule has 1 aliphatic heterocycles. The molecule has 1 aromatic rings. The molecule has 1 aromatic heterocycles. The van der Waals surface area contributed by atoms with Crippen molar-refractivity contribution < 1.29 is 22.7 Å². The predicted octanol–water partition coefficient (Wildman–Crippen LogP) is 1.69. The number of aromatic nitrogens is 1. The number of pyridine rings is 1. The molecule has 0 saturated carbocycles. The monoisotopic (exact) mass is 278 g/mol. The van der Waals surface area contributed by atoms with Gasteiger partial charge in [0.25, 0.3) is 5.91 Å². The zero-order chi connectivity index (χ0) is 13.3. The highest BCUT2D eigenvalue weighted by molar-refractivity contribution is 8.00. The number of primary amides is 1. The predicted molar refractivity (Wildman–Crippen MR) is 58.2 cm³/mol. The molecule has 0 radical (unpaired) electrons. The minimum Gasteiger partial charge on any atom is -0.379 e. The van der Waals surface area contributed by atoms with Gasteiger partial charge in [0.1, 0.15) is 10.7 Å². The van der Waals surface area contributed by atoms with Crippen molar-refractivity contribution in [1.82, 2.24) is 4.98 Å². The number of nitrogens with zero attached hydrogens (tertiary/aromatic N) is 1. The van der Waals surface area contributed by atoms with Crippen molar-refractivity contribution in [2.24, 2.45) is 5.73 Å². The molecule has 0 aromatic carbocycles. The van der Waals surface area contributed by atoms with Crippen LogP contribution in [0.2, 0.25) is 0 Å². The Labute approximate surface area is 105 Å². The van der Waals surface area contributed by atoms with E-state index in [9.17, 15) is 18.0 Å². The van der Waals surface area contributed by atoms with E-state index in [2.05, 4.69) is 4.98 Å². The van der Waals surface area contributed by atoms with E-state index >= 15 is 0 Å². The van der Waals surface area contributed by atoms with Crippen molar-refractivity contribution in [2.75, 3.05) is 13.2 Å². The molecule has 1 saturated heterocycles. The lowest BCUT2D eigenvalue weighted by molar-refractivity contribution is -0.141. The minimum absolute atomic E-state index is 0.0000926. The molecule has 18 heavy (non-hydrogen) atoms. The number of nitrogens with two attached hydrogens (primary N) is 1. The number of hydrogen-bond donors (Lipinski definition) is 1. The van der Waals surface area contributed by atoms with Gasteiger partial charge in [0.15, 0.2) is 0 Å². The molecule has 8 heteroatoms. The molecule has 0 aliphatic carbocycles. The summed E-state index contributed by atoms with van der Waals surface area (Å²) in [5.41, 5.74) is 4.07. The fourth-order valence-electron chi connectivity index (χ4n) is 1.32. The maximum atomic E-state index is 12.5. The Morgan fingerprint density at radius 3 is 2.56 bits per heavy atom. The zero-order valence-electron chi connectivity index (χ0n) is 9.03. The molecule has 1 aliphatic rings. The molecule has 2 heterocycles. The second kappa shape index (κ2) is 4.77. The van der Waals surface area contributed by atoms with E-state index in [1.54, 1.807) is 0 Å². The Bertz CT molecular complexity index is 475. The second-order valence-corrected chi connectivity index (χ2v) is 4.98. The van der Waals surface area contributed by atoms with Crippen LogP contribution in [0, 0.1) is 0 Å². The third kappa shape index (κ3) is 2.75. The molecule has 4 nitrogen and oxygen atoms in total. The van der Waals surface area contributed by atoms with E-state index in [1.165, 1.54) is 0 Å². The summed E-state index contributed by atoms with van der Waals surface area (Å²) in [6, 6.07) is 1.81. The summed E-state index contributed by atoms with van der Waals surface area (Å²) in [5.74, 6) is -0.793. The topological polar surface area (TPSA) is 65.2 Å². The van der Waals surface area contributed by atoms with Crippen molar-refractivity contribution in [3.8, 4) is 0 Å². The smallest absolute Gasteiger partial charge is 0.379 e. The first-order chi connectivity index (χ1) is 8.38. The van der Waals surface area contributed by atoms with E-state index in [0.29, 0.717) is 13.2 Å². The SMILES string of the molecule is NC(=O)c1ccc(C(F)(F)F)nc1SC1COC1. The van der Waals surface area contributed by atoms with E-state index in [0.717, 1.165) is 23.9 Å². The molecule has 2 N–H and O–H groups in total. The Hall–Kier alpha value is -1.28. The maximum Gasteiger partial charge on any atom is 0.433 e. The zero-order valence-corrected chi connectivity index (χ0v) is 9.85. The van der Waals surface area contributed by atoms with Gasteiger partial charge >= 0.3 is 6.18 Å². The van der Waals surface area contributed by atoms with Crippen LogP contribution in [-0.2, 0) is 10.9 Å². The summed E-state index contributed by atoms with van der Waals surface area (Å²) in [5, 5.41) is 0.0182. The van der Waals surface area contributed by atoms with Gasteiger partial charge in [-0.2, -0.15) is 13.2 Å². The summed E-state index contributed by atoms with van der Waals surface area (Å²) < 4.78 is 42.5. The van der Waals surface area contributed by atoms with Crippen molar-refractivity contribution in [3.05, 3.63) is 23.4 Å². The standard InChI is InChI=1S/C10H9F3N2O2S/c11-10(12,13)7-2-1-6(8(14)16)9(15-7)18-5-3-17-4-5/h1-2,5H,3-4H2,(H2,14,16). The van der Waals surface area contributed by atoms with Crippen LogP contribution in [0.4, 0.5) is 13.2 Å². The van der Waals surface area contributed by atoms with Crippen molar-refractivity contribution in [3.63, 3.8) is 0 Å². The lowest BCUT2D eigenvalue weighted by atomic mass is 10.2. The van der Waals surface area contributed by atoms with Gasteiger partial charge in [0.05, 0.1) is 24.0 Å². The molecule has 0 spiro atoms. The van der Waals surface area contributed by atoms with Crippen LogP contribution in [0.25, 0.3) is 0 Å². The number of carbonyl (C=O) groups excluding carboxylic acids is 1. The first-order valence-electron chi connectivity index (χ1n) is 5.00. The summed E-state index contributed by atoms with van der Waals surface area (Å²) in [7, 11) is 0. The molecule has 1 amide bonds. The Morgan fingerprint density at radius 2 is 2.11 bits per heavy atom. The van der Waals surface area contributed by atoms with Gasteiger partial charge in [-0.3, -0.25) is 4.79 Å². The van der Waals surface area contributed by atoms with Gasteiger partial charge < -0.3 is 10.5 Å². The number of rotatable bonds is 3. The number of hydrogen-bond acceptors (Lipinski definition) is 4. The Balaban J connectivity index is 2.34. The van der Waals surface area contributed by atoms with E-state index in [4.69, 9.17) is 10.5 Å². The lowest BCUT2D eigenvalue weighted by Gasteiger charge is -2.25. The Kier molecular flexibility index (Phi) is 3.49. The molecule has 0 unspecified atom stereocenters. The van der Waals surface area contributed by atoms with Crippen LogP contribution in [-0.4, -0.2) is 29.4 Å². The number of thioether (sulfide) groups is 1.